The van der Waals surface area contributed by atoms with E-state index in [-0.39, 0.29) is 12.0 Å². The van der Waals surface area contributed by atoms with Gasteiger partial charge in [0, 0.05) is 26.2 Å². The van der Waals surface area contributed by atoms with Crippen molar-refractivity contribution in [2.75, 3.05) is 32.8 Å². The van der Waals surface area contributed by atoms with E-state index >= 15 is 0 Å². The van der Waals surface area contributed by atoms with E-state index in [0.29, 0.717) is 19.1 Å². The van der Waals surface area contributed by atoms with E-state index in [9.17, 15) is 4.79 Å². The third-order valence-electron chi connectivity index (χ3n) is 4.28. The van der Waals surface area contributed by atoms with Crippen molar-refractivity contribution in [2.45, 2.75) is 24.9 Å². The third-order valence-corrected chi connectivity index (χ3v) is 4.28. The first-order chi connectivity index (χ1) is 9.84. The first-order valence-electron chi connectivity index (χ1n) is 7.50. The SMILES string of the molecule is O=C(C1CNCCO1)N1CCC(c2ccccc2)CC1. The van der Waals surface area contributed by atoms with E-state index in [1.54, 1.807) is 0 Å². The Kier molecular flexibility index (Phi) is 4.33. The topological polar surface area (TPSA) is 41.6 Å². The van der Waals surface area contributed by atoms with E-state index < -0.39 is 0 Å². The van der Waals surface area contributed by atoms with Crippen LogP contribution in [0, 0.1) is 0 Å². The predicted octanol–water partition coefficient (Wildman–Crippen LogP) is 1.38. The van der Waals surface area contributed by atoms with Gasteiger partial charge in [-0.1, -0.05) is 30.3 Å². The second kappa shape index (κ2) is 6.37. The molecule has 0 aromatic heterocycles. The van der Waals surface area contributed by atoms with Gasteiger partial charge in [0.05, 0.1) is 6.61 Å². The molecule has 2 saturated heterocycles. The van der Waals surface area contributed by atoms with E-state index in [4.69, 9.17) is 4.74 Å². The molecule has 0 bridgehead atoms. The zero-order valence-corrected chi connectivity index (χ0v) is 11.8. The number of morpholine rings is 1. The number of ether oxygens (including phenoxy) is 1. The number of rotatable bonds is 2. The monoisotopic (exact) mass is 274 g/mol. The van der Waals surface area contributed by atoms with Crippen LogP contribution in [0.15, 0.2) is 30.3 Å². The van der Waals surface area contributed by atoms with Gasteiger partial charge < -0.3 is 15.0 Å². The maximum atomic E-state index is 12.4. The van der Waals surface area contributed by atoms with Crippen molar-refractivity contribution in [3.8, 4) is 0 Å². The molecule has 0 spiro atoms. The minimum Gasteiger partial charge on any atom is -0.366 e. The summed E-state index contributed by atoms with van der Waals surface area (Å²) >= 11 is 0. The van der Waals surface area contributed by atoms with Crippen molar-refractivity contribution in [1.29, 1.82) is 0 Å². The van der Waals surface area contributed by atoms with Crippen LogP contribution in [-0.4, -0.2) is 49.7 Å². The summed E-state index contributed by atoms with van der Waals surface area (Å²) in [5.74, 6) is 0.745. The van der Waals surface area contributed by atoms with Gasteiger partial charge in [0.2, 0.25) is 0 Å². The van der Waals surface area contributed by atoms with Gasteiger partial charge in [0.1, 0.15) is 6.10 Å². The van der Waals surface area contributed by atoms with Gasteiger partial charge in [-0.25, -0.2) is 0 Å². The first-order valence-corrected chi connectivity index (χ1v) is 7.50. The average Bonchev–Trinajstić information content (AvgIpc) is 2.56. The van der Waals surface area contributed by atoms with Crippen LogP contribution in [-0.2, 0) is 9.53 Å². The minimum atomic E-state index is -0.281. The molecule has 0 aliphatic carbocycles. The standard InChI is InChI=1S/C16H22N2O2/c19-16(15-12-17-8-11-20-15)18-9-6-14(7-10-18)13-4-2-1-3-5-13/h1-5,14-15,17H,6-12H2. The number of amides is 1. The largest absolute Gasteiger partial charge is 0.366 e. The predicted molar refractivity (Wildman–Crippen MR) is 77.6 cm³/mol. The summed E-state index contributed by atoms with van der Waals surface area (Å²) in [4.78, 5) is 14.3. The van der Waals surface area contributed by atoms with Crippen LogP contribution in [0.1, 0.15) is 24.3 Å². The quantitative estimate of drug-likeness (QED) is 0.886. The molecule has 1 aromatic carbocycles. The van der Waals surface area contributed by atoms with Gasteiger partial charge >= 0.3 is 0 Å². The minimum absolute atomic E-state index is 0.156. The molecule has 4 nitrogen and oxygen atoms in total. The normalized spacial score (nSPS) is 24.6. The van der Waals surface area contributed by atoms with Crippen molar-refractivity contribution in [1.82, 2.24) is 10.2 Å². The van der Waals surface area contributed by atoms with Crippen LogP contribution in [0.25, 0.3) is 0 Å². The van der Waals surface area contributed by atoms with Crippen LogP contribution < -0.4 is 5.32 Å². The maximum absolute atomic E-state index is 12.4. The molecule has 1 atom stereocenters. The Balaban J connectivity index is 1.54. The lowest BCUT2D eigenvalue weighted by molar-refractivity contribution is -0.146. The van der Waals surface area contributed by atoms with Crippen LogP contribution in [0.5, 0.6) is 0 Å². The van der Waals surface area contributed by atoms with E-state index in [1.165, 1.54) is 5.56 Å². The van der Waals surface area contributed by atoms with Gasteiger partial charge in [-0.05, 0) is 24.3 Å². The Morgan fingerprint density at radius 3 is 2.60 bits per heavy atom. The van der Waals surface area contributed by atoms with Crippen molar-refractivity contribution in [3.05, 3.63) is 35.9 Å². The van der Waals surface area contributed by atoms with Gasteiger partial charge in [0.25, 0.3) is 5.91 Å². The molecule has 0 saturated carbocycles. The molecule has 2 fully saturated rings. The fourth-order valence-electron chi connectivity index (χ4n) is 3.09. The van der Waals surface area contributed by atoms with Crippen molar-refractivity contribution >= 4 is 5.91 Å². The maximum Gasteiger partial charge on any atom is 0.253 e. The van der Waals surface area contributed by atoms with Crippen molar-refractivity contribution in [3.63, 3.8) is 0 Å². The highest BCUT2D eigenvalue weighted by Gasteiger charge is 2.30. The van der Waals surface area contributed by atoms with Crippen molar-refractivity contribution in [2.24, 2.45) is 0 Å². The molecule has 3 rings (SSSR count). The van der Waals surface area contributed by atoms with Gasteiger partial charge in [0.15, 0.2) is 0 Å². The number of carbonyl (C=O) groups excluding carboxylic acids is 1. The van der Waals surface area contributed by atoms with Gasteiger partial charge in [-0.15, -0.1) is 0 Å². The first kappa shape index (κ1) is 13.6. The highest BCUT2D eigenvalue weighted by atomic mass is 16.5. The van der Waals surface area contributed by atoms with E-state index in [0.717, 1.165) is 32.5 Å². The van der Waals surface area contributed by atoms with Crippen LogP contribution in [0.2, 0.25) is 0 Å². The molecule has 1 N–H and O–H groups in total. The molecule has 1 amide bonds. The molecule has 2 aliphatic heterocycles. The summed E-state index contributed by atoms with van der Waals surface area (Å²) in [7, 11) is 0. The molecular formula is C16H22N2O2. The third kappa shape index (κ3) is 3.02. The molecule has 4 heteroatoms. The summed E-state index contributed by atoms with van der Waals surface area (Å²) in [6.45, 7) is 3.82. The number of piperidine rings is 1. The Morgan fingerprint density at radius 1 is 1.20 bits per heavy atom. The second-order valence-electron chi connectivity index (χ2n) is 5.57. The fraction of sp³-hybridized carbons (Fsp3) is 0.562. The molecule has 108 valence electrons. The summed E-state index contributed by atoms with van der Waals surface area (Å²) in [5.41, 5.74) is 1.40. The number of likely N-dealkylation sites (tertiary alicyclic amines) is 1. The summed E-state index contributed by atoms with van der Waals surface area (Å²) in [6, 6.07) is 10.6. The lowest BCUT2D eigenvalue weighted by Gasteiger charge is -2.35. The van der Waals surface area contributed by atoms with Crippen LogP contribution in [0.3, 0.4) is 0 Å². The lowest BCUT2D eigenvalue weighted by Crippen LogP contribution is -2.51. The molecule has 20 heavy (non-hydrogen) atoms. The summed E-state index contributed by atoms with van der Waals surface area (Å²) < 4.78 is 5.55. The number of carbonyl (C=O) groups is 1. The fourth-order valence-corrected chi connectivity index (χ4v) is 3.09. The van der Waals surface area contributed by atoms with Crippen LogP contribution >= 0.6 is 0 Å². The number of nitrogens with one attached hydrogen (secondary N) is 1. The Bertz CT molecular complexity index is 435. The Labute approximate surface area is 120 Å². The zero-order valence-electron chi connectivity index (χ0n) is 11.8. The summed E-state index contributed by atoms with van der Waals surface area (Å²) in [5, 5.41) is 3.22. The molecule has 1 unspecified atom stereocenters. The van der Waals surface area contributed by atoms with Gasteiger partial charge in [-0.2, -0.15) is 0 Å². The van der Waals surface area contributed by atoms with E-state index in [1.807, 2.05) is 4.90 Å². The molecule has 1 aromatic rings. The number of hydrogen-bond acceptors (Lipinski definition) is 3. The summed E-state index contributed by atoms with van der Waals surface area (Å²) in [6.07, 6.45) is 1.82. The van der Waals surface area contributed by atoms with Crippen molar-refractivity contribution < 1.29 is 9.53 Å². The number of nitrogens with zero attached hydrogens (tertiary/aromatic N) is 1. The number of benzene rings is 1. The highest BCUT2D eigenvalue weighted by molar-refractivity contribution is 5.81. The Morgan fingerprint density at radius 2 is 1.95 bits per heavy atom. The van der Waals surface area contributed by atoms with Crippen LogP contribution in [0.4, 0.5) is 0 Å². The Hall–Kier alpha value is -1.39. The lowest BCUT2D eigenvalue weighted by atomic mass is 9.89. The molecular weight excluding hydrogens is 252 g/mol. The second-order valence-corrected chi connectivity index (χ2v) is 5.57. The molecule has 2 aliphatic rings. The number of hydrogen-bond donors (Lipinski definition) is 1. The average molecular weight is 274 g/mol. The highest BCUT2D eigenvalue weighted by Crippen LogP contribution is 2.28. The molecule has 2 heterocycles. The molecule has 0 radical (unpaired) electrons. The van der Waals surface area contributed by atoms with E-state index in [2.05, 4.69) is 35.6 Å². The zero-order chi connectivity index (χ0) is 13.8. The van der Waals surface area contributed by atoms with Gasteiger partial charge in [-0.3, -0.25) is 4.79 Å². The smallest absolute Gasteiger partial charge is 0.253 e.